The average molecular weight is 415 g/mol. The molecule has 0 saturated carbocycles. The van der Waals surface area contributed by atoms with Gasteiger partial charge in [-0.25, -0.2) is 4.98 Å². The van der Waals surface area contributed by atoms with Gasteiger partial charge < -0.3 is 11.1 Å². The van der Waals surface area contributed by atoms with Gasteiger partial charge in [-0.2, -0.15) is 0 Å². The number of aromatic nitrogens is 1. The van der Waals surface area contributed by atoms with Crippen molar-refractivity contribution in [2.45, 2.75) is 52.5 Å². The van der Waals surface area contributed by atoms with E-state index >= 15 is 0 Å². The molecule has 1 fully saturated rings. The Hall–Kier alpha value is -2.25. The Morgan fingerprint density at radius 2 is 2.03 bits per heavy atom. The molecule has 0 aliphatic carbocycles. The Labute approximate surface area is 176 Å². The zero-order valence-electron chi connectivity index (χ0n) is 17.6. The van der Waals surface area contributed by atoms with Crippen LogP contribution in [0.1, 0.15) is 59.5 Å². The Kier molecular flexibility index (Phi) is 6.39. The molecule has 0 spiro atoms. The lowest BCUT2D eigenvalue weighted by Crippen LogP contribution is -2.40. The van der Waals surface area contributed by atoms with Crippen LogP contribution in [-0.2, 0) is 16.8 Å². The highest BCUT2D eigenvalue weighted by molar-refractivity contribution is 7.14. The number of hydrogen-bond donors (Lipinski definition) is 2. The summed E-state index contributed by atoms with van der Waals surface area (Å²) in [5.41, 5.74) is 8.00. The van der Waals surface area contributed by atoms with Gasteiger partial charge in [0, 0.05) is 24.2 Å². The molecule has 1 aromatic heterocycles. The van der Waals surface area contributed by atoms with E-state index in [0.717, 1.165) is 41.3 Å². The monoisotopic (exact) mass is 414 g/mol. The van der Waals surface area contributed by atoms with Crippen LogP contribution in [0.4, 0.5) is 5.69 Å². The second kappa shape index (κ2) is 8.63. The maximum Gasteiger partial charge on any atom is 0.267 e. The fourth-order valence-electron chi connectivity index (χ4n) is 3.56. The number of nitrogens with one attached hydrogen (secondary N) is 1. The first-order valence-electron chi connectivity index (χ1n) is 10.0. The van der Waals surface area contributed by atoms with E-state index in [-0.39, 0.29) is 23.1 Å². The first-order valence-corrected chi connectivity index (χ1v) is 10.9. The lowest BCUT2D eigenvalue weighted by molar-refractivity contribution is -0.123. The van der Waals surface area contributed by atoms with Crippen LogP contribution in [0.5, 0.6) is 0 Å². The number of aryl methyl sites for hydroxylation is 1. The molecular formula is C22H30N4O2S. The van der Waals surface area contributed by atoms with E-state index in [4.69, 9.17) is 5.73 Å². The number of likely N-dealkylation sites (tertiary alicyclic amines) is 1. The molecule has 1 aliphatic rings. The molecule has 7 heteroatoms. The number of nitrogens with two attached hydrogens (primary N) is 1. The third-order valence-electron chi connectivity index (χ3n) is 5.21. The number of primary amides is 1. The fourth-order valence-corrected chi connectivity index (χ4v) is 4.58. The average Bonchev–Trinajstić information content (AvgIpc) is 3.06. The maximum absolute atomic E-state index is 12.9. The van der Waals surface area contributed by atoms with E-state index < -0.39 is 0 Å². The topological polar surface area (TPSA) is 88.3 Å². The molecule has 2 heterocycles. The molecular weight excluding hydrogens is 384 g/mol. The van der Waals surface area contributed by atoms with Crippen LogP contribution in [0.3, 0.4) is 0 Å². The highest BCUT2D eigenvalue weighted by Crippen LogP contribution is 2.30. The Morgan fingerprint density at radius 1 is 1.31 bits per heavy atom. The molecule has 3 N–H and O–H groups in total. The number of anilines is 1. The van der Waals surface area contributed by atoms with Crippen LogP contribution in [0.25, 0.3) is 0 Å². The summed E-state index contributed by atoms with van der Waals surface area (Å²) in [6, 6.07) is 7.82. The number of rotatable bonds is 5. The van der Waals surface area contributed by atoms with Gasteiger partial charge in [0.1, 0.15) is 4.88 Å². The number of carbonyl (C=O) groups is 2. The minimum atomic E-state index is -0.230. The van der Waals surface area contributed by atoms with Crippen molar-refractivity contribution in [2.24, 2.45) is 11.7 Å². The summed E-state index contributed by atoms with van der Waals surface area (Å²) >= 11 is 1.45. The van der Waals surface area contributed by atoms with Gasteiger partial charge in [-0.05, 0) is 37.9 Å². The highest BCUT2D eigenvalue weighted by atomic mass is 32.1. The smallest absolute Gasteiger partial charge is 0.267 e. The normalized spacial score (nSPS) is 17.9. The summed E-state index contributed by atoms with van der Waals surface area (Å²) in [7, 11) is 0. The number of amides is 2. The second-order valence-electron chi connectivity index (χ2n) is 8.77. The van der Waals surface area contributed by atoms with Gasteiger partial charge in [0.2, 0.25) is 5.91 Å². The number of piperidine rings is 1. The zero-order chi connectivity index (χ0) is 21.2. The molecule has 1 saturated heterocycles. The van der Waals surface area contributed by atoms with Gasteiger partial charge in [-0.1, -0.05) is 39.0 Å². The van der Waals surface area contributed by atoms with Crippen LogP contribution in [-0.4, -0.2) is 34.8 Å². The van der Waals surface area contributed by atoms with Crippen molar-refractivity contribution in [3.63, 3.8) is 0 Å². The zero-order valence-corrected chi connectivity index (χ0v) is 18.4. The van der Waals surface area contributed by atoms with Gasteiger partial charge in [0.15, 0.2) is 0 Å². The molecule has 1 aliphatic heterocycles. The highest BCUT2D eigenvalue weighted by Gasteiger charge is 2.26. The van der Waals surface area contributed by atoms with Crippen LogP contribution >= 0.6 is 11.3 Å². The molecule has 2 amide bonds. The van der Waals surface area contributed by atoms with E-state index in [0.29, 0.717) is 18.0 Å². The molecule has 6 nitrogen and oxygen atoms in total. The lowest BCUT2D eigenvalue weighted by atomic mass is 9.97. The number of nitrogens with zero attached hydrogens (tertiary/aromatic N) is 2. The van der Waals surface area contributed by atoms with E-state index in [9.17, 15) is 9.59 Å². The van der Waals surface area contributed by atoms with Gasteiger partial charge in [-0.15, -0.1) is 11.3 Å². The Balaban J connectivity index is 1.75. The van der Waals surface area contributed by atoms with E-state index in [1.165, 1.54) is 11.3 Å². The Morgan fingerprint density at radius 3 is 2.69 bits per heavy atom. The summed E-state index contributed by atoms with van der Waals surface area (Å²) < 4.78 is 0. The summed E-state index contributed by atoms with van der Waals surface area (Å²) in [4.78, 5) is 32.0. The van der Waals surface area contributed by atoms with Crippen LogP contribution in [0.2, 0.25) is 0 Å². The molecule has 156 valence electrons. The molecule has 1 unspecified atom stereocenters. The van der Waals surface area contributed by atoms with Gasteiger partial charge in [0.05, 0.1) is 16.6 Å². The first kappa shape index (κ1) is 21.5. The van der Waals surface area contributed by atoms with E-state index in [2.05, 4.69) is 36.0 Å². The number of hydrogen-bond acceptors (Lipinski definition) is 5. The van der Waals surface area contributed by atoms with Crippen molar-refractivity contribution in [2.75, 3.05) is 18.4 Å². The molecule has 0 bridgehead atoms. The molecule has 3 rings (SSSR count). The van der Waals surface area contributed by atoms with Crippen molar-refractivity contribution in [3.05, 3.63) is 45.4 Å². The SMILES string of the molecule is Cc1nc(C(C)(C)C)sc1C(=O)Nc1ccccc1CN1CCCC(C(N)=O)C1. The standard InChI is InChI=1S/C22H30N4O2S/c1-14-18(29-21(24-14)22(2,3)4)20(28)25-17-10-6-5-8-15(17)12-26-11-7-9-16(13-26)19(23)27/h5-6,8,10,16H,7,9,11-13H2,1-4H3,(H2,23,27)(H,25,28). The summed E-state index contributed by atoms with van der Waals surface area (Å²) in [6.45, 7) is 10.4. The Bertz CT molecular complexity index is 900. The van der Waals surface area contributed by atoms with Crippen LogP contribution in [0.15, 0.2) is 24.3 Å². The minimum Gasteiger partial charge on any atom is -0.369 e. The first-order chi connectivity index (χ1) is 13.6. The van der Waals surface area contributed by atoms with Gasteiger partial charge in [0.25, 0.3) is 5.91 Å². The van der Waals surface area contributed by atoms with E-state index in [1.54, 1.807) is 0 Å². The maximum atomic E-state index is 12.9. The predicted molar refractivity (Wildman–Crippen MR) is 117 cm³/mol. The second-order valence-corrected chi connectivity index (χ2v) is 9.77. The predicted octanol–water partition coefficient (Wildman–Crippen LogP) is 3.70. The largest absolute Gasteiger partial charge is 0.369 e. The van der Waals surface area contributed by atoms with Crippen molar-refractivity contribution in [1.82, 2.24) is 9.88 Å². The summed E-state index contributed by atoms with van der Waals surface area (Å²) in [5.74, 6) is -0.454. The third kappa shape index (κ3) is 5.22. The summed E-state index contributed by atoms with van der Waals surface area (Å²) in [6.07, 6.45) is 1.81. The number of benzene rings is 1. The van der Waals surface area contributed by atoms with Crippen LogP contribution in [0, 0.1) is 12.8 Å². The summed E-state index contributed by atoms with van der Waals surface area (Å²) in [5, 5.41) is 4.03. The van der Waals surface area contributed by atoms with Gasteiger partial charge >= 0.3 is 0 Å². The molecule has 0 radical (unpaired) electrons. The number of carbonyl (C=O) groups excluding carboxylic acids is 2. The lowest BCUT2D eigenvalue weighted by Gasteiger charge is -2.31. The van der Waals surface area contributed by atoms with Crippen molar-refractivity contribution >= 4 is 28.8 Å². The molecule has 2 aromatic rings. The van der Waals surface area contributed by atoms with Crippen LogP contribution < -0.4 is 11.1 Å². The van der Waals surface area contributed by atoms with E-state index in [1.807, 2.05) is 31.2 Å². The molecule has 29 heavy (non-hydrogen) atoms. The fraction of sp³-hybridized carbons (Fsp3) is 0.500. The molecule has 1 atom stereocenters. The minimum absolute atomic E-state index is 0.0862. The van der Waals surface area contributed by atoms with Crippen molar-refractivity contribution < 1.29 is 9.59 Å². The number of para-hydroxylation sites is 1. The number of thiazole rings is 1. The molecule has 1 aromatic carbocycles. The van der Waals surface area contributed by atoms with Crippen molar-refractivity contribution in [3.8, 4) is 0 Å². The van der Waals surface area contributed by atoms with Crippen molar-refractivity contribution in [1.29, 1.82) is 0 Å². The van der Waals surface area contributed by atoms with Gasteiger partial charge in [-0.3, -0.25) is 14.5 Å². The third-order valence-corrected chi connectivity index (χ3v) is 6.79. The quantitative estimate of drug-likeness (QED) is 0.781.